The van der Waals surface area contributed by atoms with Gasteiger partial charge in [0.05, 0.1) is 12.0 Å². The molecule has 114 valence electrons. The molecule has 0 spiro atoms. The quantitative estimate of drug-likeness (QED) is 0.779. The zero-order valence-corrected chi connectivity index (χ0v) is 12.9. The maximum atomic E-state index is 12.7. The molecule has 22 heavy (non-hydrogen) atoms. The summed E-state index contributed by atoms with van der Waals surface area (Å²) in [6.07, 6.45) is 5.74. The molecule has 0 amide bonds. The molecule has 1 unspecified atom stereocenters. The first kappa shape index (κ1) is 14.6. The van der Waals surface area contributed by atoms with Gasteiger partial charge in [-0.25, -0.2) is 0 Å². The van der Waals surface area contributed by atoms with Gasteiger partial charge in [0, 0.05) is 25.1 Å². The van der Waals surface area contributed by atoms with Crippen molar-refractivity contribution in [1.29, 1.82) is 0 Å². The van der Waals surface area contributed by atoms with Crippen molar-refractivity contribution in [2.75, 3.05) is 13.1 Å². The fourth-order valence-electron chi connectivity index (χ4n) is 2.87. The van der Waals surface area contributed by atoms with E-state index in [-0.39, 0.29) is 11.7 Å². The van der Waals surface area contributed by atoms with Gasteiger partial charge >= 0.3 is 0 Å². The molecule has 1 atom stereocenters. The number of benzene rings is 1. The van der Waals surface area contributed by atoms with Crippen molar-refractivity contribution in [3.05, 3.63) is 66.1 Å². The molecule has 0 aliphatic carbocycles. The molecule has 3 heteroatoms. The van der Waals surface area contributed by atoms with Crippen LogP contribution in [-0.2, 0) is 4.79 Å². The van der Waals surface area contributed by atoms with E-state index in [1.807, 2.05) is 49.4 Å². The van der Waals surface area contributed by atoms with E-state index in [0.717, 1.165) is 30.1 Å². The zero-order valence-electron chi connectivity index (χ0n) is 12.9. The van der Waals surface area contributed by atoms with Crippen LogP contribution in [0.4, 0.5) is 0 Å². The highest BCUT2D eigenvalue weighted by Crippen LogP contribution is 2.26. The Bertz CT molecular complexity index is 637. The first-order chi connectivity index (χ1) is 10.8. The van der Waals surface area contributed by atoms with Gasteiger partial charge in [0.1, 0.15) is 5.76 Å². The molecule has 1 aromatic heterocycles. The SMILES string of the molecule is CC(C(=O)C=C(c1ccco1)N1CCCC1)c1ccccc1. The van der Waals surface area contributed by atoms with Gasteiger partial charge in [-0.15, -0.1) is 0 Å². The van der Waals surface area contributed by atoms with E-state index < -0.39 is 0 Å². The molecule has 1 aromatic carbocycles. The van der Waals surface area contributed by atoms with Crippen molar-refractivity contribution in [2.24, 2.45) is 0 Å². The van der Waals surface area contributed by atoms with Crippen LogP contribution < -0.4 is 0 Å². The lowest BCUT2D eigenvalue weighted by atomic mass is 9.96. The number of allylic oxidation sites excluding steroid dienone is 1. The first-order valence-electron chi connectivity index (χ1n) is 7.85. The Labute approximate surface area is 131 Å². The Balaban J connectivity index is 1.87. The predicted molar refractivity (Wildman–Crippen MR) is 87.4 cm³/mol. The Kier molecular flexibility index (Phi) is 4.42. The Morgan fingerprint density at radius 1 is 1.14 bits per heavy atom. The number of likely N-dealkylation sites (tertiary alicyclic amines) is 1. The summed E-state index contributed by atoms with van der Waals surface area (Å²) < 4.78 is 5.53. The molecule has 2 aromatic rings. The number of carbonyl (C=O) groups excluding carboxylic acids is 1. The van der Waals surface area contributed by atoms with Crippen LogP contribution in [0.3, 0.4) is 0 Å². The van der Waals surface area contributed by atoms with Crippen molar-refractivity contribution in [3.63, 3.8) is 0 Å². The number of rotatable bonds is 5. The third-order valence-corrected chi connectivity index (χ3v) is 4.23. The fourth-order valence-corrected chi connectivity index (χ4v) is 2.87. The van der Waals surface area contributed by atoms with E-state index in [0.29, 0.717) is 0 Å². The van der Waals surface area contributed by atoms with E-state index >= 15 is 0 Å². The van der Waals surface area contributed by atoms with Crippen LogP contribution in [0.1, 0.15) is 37.0 Å². The van der Waals surface area contributed by atoms with Gasteiger partial charge in [-0.3, -0.25) is 4.79 Å². The van der Waals surface area contributed by atoms with Gasteiger partial charge in [0.2, 0.25) is 0 Å². The average molecular weight is 295 g/mol. The molecule has 0 radical (unpaired) electrons. The van der Waals surface area contributed by atoms with Gasteiger partial charge < -0.3 is 9.32 Å². The van der Waals surface area contributed by atoms with Crippen LogP contribution >= 0.6 is 0 Å². The molecule has 1 fully saturated rings. The van der Waals surface area contributed by atoms with Crippen LogP contribution in [0.2, 0.25) is 0 Å². The van der Waals surface area contributed by atoms with Crippen molar-refractivity contribution >= 4 is 11.5 Å². The molecule has 1 aliphatic heterocycles. The van der Waals surface area contributed by atoms with Gasteiger partial charge in [0.15, 0.2) is 5.78 Å². The lowest BCUT2D eigenvalue weighted by Crippen LogP contribution is -2.19. The number of ketones is 1. The van der Waals surface area contributed by atoms with Gasteiger partial charge in [-0.05, 0) is 30.5 Å². The second-order valence-electron chi connectivity index (χ2n) is 5.74. The molecule has 0 bridgehead atoms. The molecule has 0 saturated carbocycles. The molecule has 1 aliphatic rings. The highest BCUT2D eigenvalue weighted by atomic mass is 16.3. The Morgan fingerprint density at radius 3 is 2.50 bits per heavy atom. The van der Waals surface area contributed by atoms with Gasteiger partial charge in [0.25, 0.3) is 0 Å². The summed E-state index contributed by atoms with van der Waals surface area (Å²) in [7, 11) is 0. The molecule has 2 heterocycles. The standard InChI is InChI=1S/C19H21NO2/c1-15(16-8-3-2-4-9-16)18(21)14-17(19-10-7-13-22-19)20-11-5-6-12-20/h2-4,7-10,13-15H,5-6,11-12H2,1H3. The second kappa shape index (κ2) is 6.65. The van der Waals surface area contributed by atoms with Crippen molar-refractivity contribution in [1.82, 2.24) is 4.90 Å². The number of hydrogen-bond acceptors (Lipinski definition) is 3. The summed E-state index contributed by atoms with van der Waals surface area (Å²) in [5.74, 6) is 0.744. The first-order valence-corrected chi connectivity index (χ1v) is 7.85. The molecular formula is C19H21NO2. The minimum atomic E-state index is -0.145. The van der Waals surface area contributed by atoms with Gasteiger partial charge in [-0.2, -0.15) is 0 Å². The van der Waals surface area contributed by atoms with Crippen LogP contribution in [0.15, 0.2) is 59.2 Å². The Hall–Kier alpha value is -2.29. The number of furan rings is 1. The molecular weight excluding hydrogens is 274 g/mol. The summed E-state index contributed by atoms with van der Waals surface area (Å²) >= 11 is 0. The topological polar surface area (TPSA) is 33.5 Å². The maximum absolute atomic E-state index is 12.7. The third kappa shape index (κ3) is 3.14. The van der Waals surface area contributed by atoms with E-state index in [1.54, 1.807) is 12.3 Å². The van der Waals surface area contributed by atoms with E-state index in [9.17, 15) is 4.79 Å². The van der Waals surface area contributed by atoms with Crippen molar-refractivity contribution in [2.45, 2.75) is 25.7 Å². The summed E-state index contributed by atoms with van der Waals surface area (Å²) in [5.41, 5.74) is 1.96. The predicted octanol–water partition coefficient (Wildman–Crippen LogP) is 4.09. The summed E-state index contributed by atoms with van der Waals surface area (Å²) in [6.45, 7) is 3.93. The highest BCUT2D eigenvalue weighted by molar-refractivity contribution is 6.00. The lowest BCUT2D eigenvalue weighted by molar-refractivity contribution is -0.115. The largest absolute Gasteiger partial charge is 0.463 e. The number of nitrogens with zero attached hydrogens (tertiary/aromatic N) is 1. The zero-order chi connectivity index (χ0) is 15.4. The van der Waals surface area contributed by atoms with E-state index in [2.05, 4.69) is 4.90 Å². The second-order valence-corrected chi connectivity index (χ2v) is 5.74. The summed E-state index contributed by atoms with van der Waals surface area (Å²) in [4.78, 5) is 14.9. The molecule has 0 N–H and O–H groups in total. The third-order valence-electron chi connectivity index (χ3n) is 4.23. The van der Waals surface area contributed by atoms with Crippen molar-refractivity contribution in [3.8, 4) is 0 Å². The van der Waals surface area contributed by atoms with Crippen LogP contribution in [0.25, 0.3) is 5.70 Å². The number of carbonyl (C=O) groups is 1. The fraction of sp³-hybridized carbons (Fsp3) is 0.316. The van der Waals surface area contributed by atoms with Crippen LogP contribution in [-0.4, -0.2) is 23.8 Å². The molecule has 3 rings (SSSR count). The normalized spacial score (nSPS) is 16.8. The van der Waals surface area contributed by atoms with E-state index in [4.69, 9.17) is 4.42 Å². The minimum absolute atomic E-state index is 0.115. The lowest BCUT2D eigenvalue weighted by Gasteiger charge is -2.20. The monoisotopic (exact) mass is 295 g/mol. The summed E-state index contributed by atoms with van der Waals surface area (Å²) in [6, 6.07) is 13.7. The Morgan fingerprint density at radius 2 is 1.86 bits per heavy atom. The molecule has 3 nitrogen and oxygen atoms in total. The maximum Gasteiger partial charge on any atom is 0.165 e. The van der Waals surface area contributed by atoms with Gasteiger partial charge in [-0.1, -0.05) is 37.3 Å². The average Bonchev–Trinajstić information content (AvgIpc) is 3.26. The number of hydrogen-bond donors (Lipinski definition) is 0. The smallest absolute Gasteiger partial charge is 0.165 e. The van der Waals surface area contributed by atoms with Crippen molar-refractivity contribution < 1.29 is 9.21 Å². The summed E-state index contributed by atoms with van der Waals surface area (Å²) in [5, 5.41) is 0. The van der Waals surface area contributed by atoms with E-state index in [1.165, 1.54) is 12.8 Å². The molecule has 1 saturated heterocycles. The minimum Gasteiger partial charge on any atom is -0.463 e. The highest BCUT2D eigenvalue weighted by Gasteiger charge is 2.21. The van der Waals surface area contributed by atoms with Crippen LogP contribution in [0.5, 0.6) is 0 Å². The van der Waals surface area contributed by atoms with Crippen LogP contribution in [0, 0.1) is 0 Å².